The molecule has 112 valence electrons. The van der Waals surface area contributed by atoms with Gasteiger partial charge in [0, 0.05) is 13.6 Å². The molecule has 0 aliphatic carbocycles. The first-order valence-electron chi connectivity index (χ1n) is 6.67. The summed E-state index contributed by atoms with van der Waals surface area (Å²) >= 11 is 0. The van der Waals surface area contributed by atoms with Crippen molar-refractivity contribution in [2.45, 2.75) is 13.0 Å². The van der Waals surface area contributed by atoms with Crippen molar-refractivity contribution in [1.82, 2.24) is 25.4 Å². The Balaban J connectivity index is 1.73. The topological polar surface area (TPSA) is 81.1 Å². The van der Waals surface area contributed by atoms with Gasteiger partial charge in [-0.05, 0) is 18.1 Å². The van der Waals surface area contributed by atoms with E-state index in [1.54, 1.807) is 18.0 Å². The minimum atomic E-state index is -0.229. The quantitative estimate of drug-likeness (QED) is 0.826. The average Bonchev–Trinajstić information content (AvgIpc) is 2.91. The lowest BCUT2D eigenvalue weighted by Gasteiger charge is -2.09. The zero-order chi connectivity index (χ0) is 15.1. The number of hydrogen-bond acceptors (Lipinski definition) is 4. The van der Waals surface area contributed by atoms with Crippen LogP contribution in [0.3, 0.4) is 0 Å². The van der Waals surface area contributed by atoms with Crippen LogP contribution in [0.5, 0.6) is 5.75 Å². The number of nitrogens with one attached hydrogen (secondary N) is 2. The Labute approximate surface area is 123 Å². The van der Waals surface area contributed by atoms with Crippen LogP contribution in [0.4, 0.5) is 4.79 Å². The molecule has 0 aliphatic rings. The first-order valence-corrected chi connectivity index (χ1v) is 6.67. The molecule has 21 heavy (non-hydrogen) atoms. The second-order valence-electron chi connectivity index (χ2n) is 4.53. The third-order valence-electron chi connectivity index (χ3n) is 3.08. The maximum Gasteiger partial charge on any atom is 0.315 e. The highest BCUT2D eigenvalue weighted by Crippen LogP contribution is 2.17. The second-order valence-corrected chi connectivity index (χ2v) is 4.53. The van der Waals surface area contributed by atoms with Crippen LogP contribution in [-0.4, -0.2) is 34.5 Å². The summed E-state index contributed by atoms with van der Waals surface area (Å²) in [7, 11) is 3.47. The molecule has 0 bridgehead atoms. The van der Waals surface area contributed by atoms with E-state index in [9.17, 15) is 4.79 Å². The van der Waals surface area contributed by atoms with Gasteiger partial charge in [0.1, 0.15) is 12.1 Å². The van der Waals surface area contributed by atoms with Crippen LogP contribution in [0.25, 0.3) is 0 Å². The number of urea groups is 1. The van der Waals surface area contributed by atoms with Crippen molar-refractivity contribution in [3.05, 3.63) is 42.0 Å². The number of aryl methyl sites for hydroxylation is 1. The highest BCUT2D eigenvalue weighted by atomic mass is 16.5. The van der Waals surface area contributed by atoms with E-state index in [-0.39, 0.29) is 6.03 Å². The van der Waals surface area contributed by atoms with E-state index in [0.717, 1.165) is 11.3 Å². The molecule has 2 aromatic rings. The summed E-state index contributed by atoms with van der Waals surface area (Å²) in [5.74, 6) is 1.54. The van der Waals surface area contributed by atoms with E-state index < -0.39 is 0 Å². The Morgan fingerprint density at radius 2 is 2.14 bits per heavy atom. The smallest absolute Gasteiger partial charge is 0.315 e. The molecule has 2 rings (SSSR count). The van der Waals surface area contributed by atoms with E-state index in [1.807, 2.05) is 31.3 Å². The van der Waals surface area contributed by atoms with E-state index >= 15 is 0 Å². The average molecular weight is 289 g/mol. The van der Waals surface area contributed by atoms with Gasteiger partial charge in [-0.25, -0.2) is 4.79 Å². The van der Waals surface area contributed by atoms with Crippen LogP contribution in [0, 0.1) is 0 Å². The Bertz CT molecular complexity index is 597. The van der Waals surface area contributed by atoms with Gasteiger partial charge in [0.05, 0.1) is 13.7 Å². The lowest BCUT2D eigenvalue weighted by atomic mass is 10.1. The molecule has 0 aliphatic heterocycles. The van der Waals surface area contributed by atoms with Crippen LogP contribution in [0.2, 0.25) is 0 Å². The number of aromatic nitrogens is 3. The summed E-state index contributed by atoms with van der Waals surface area (Å²) in [6, 6.07) is 7.53. The molecular weight excluding hydrogens is 270 g/mol. The van der Waals surface area contributed by atoms with Crippen LogP contribution in [-0.2, 0) is 20.0 Å². The van der Waals surface area contributed by atoms with Gasteiger partial charge in [-0.2, -0.15) is 0 Å². The fourth-order valence-corrected chi connectivity index (χ4v) is 1.91. The lowest BCUT2D eigenvalue weighted by Crippen LogP contribution is -2.36. The molecule has 7 nitrogen and oxygen atoms in total. The molecule has 2 amide bonds. The van der Waals surface area contributed by atoms with Crippen LogP contribution in [0.15, 0.2) is 30.6 Å². The van der Waals surface area contributed by atoms with Crippen LogP contribution in [0.1, 0.15) is 11.4 Å². The molecular formula is C14H19N5O2. The number of nitrogens with zero attached hydrogens (tertiary/aromatic N) is 3. The number of hydrogen-bond donors (Lipinski definition) is 2. The molecule has 0 atom stereocenters. The summed E-state index contributed by atoms with van der Waals surface area (Å²) in [6.07, 6.45) is 2.30. The van der Waals surface area contributed by atoms with Crippen LogP contribution < -0.4 is 15.4 Å². The van der Waals surface area contributed by atoms with E-state index in [4.69, 9.17) is 4.74 Å². The number of carbonyl (C=O) groups is 1. The van der Waals surface area contributed by atoms with Crippen molar-refractivity contribution in [2.24, 2.45) is 7.05 Å². The molecule has 0 saturated heterocycles. The zero-order valence-electron chi connectivity index (χ0n) is 12.2. The molecule has 7 heteroatoms. The number of methoxy groups -OCH3 is 1. The van der Waals surface area contributed by atoms with Gasteiger partial charge in [0.25, 0.3) is 0 Å². The van der Waals surface area contributed by atoms with Gasteiger partial charge in [-0.15, -0.1) is 10.2 Å². The van der Waals surface area contributed by atoms with Gasteiger partial charge in [0.2, 0.25) is 0 Å². The summed E-state index contributed by atoms with van der Waals surface area (Å²) in [5, 5.41) is 13.2. The summed E-state index contributed by atoms with van der Waals surface area (Å²) in [6.45, 7) is 0.877. The Hall–Kier alpha value is -2.57. The molecule has 0 fully saturated rings. The Morgan fingerprint density at radius 1 is 1.33 bits per heavy atom. The first-order chi connectivity index (χ1) is 10.2. The largest absolute Gasteiger partial charge is 0.496 e. The maximum absolute atomic E-state index is 11.7. The SMILES string of the molecule is COc1ccccc1CCNC(=O)NCc1nncn1C. The fraction of sp³-hybridized carbons (Fsp3) is 0.357. The predicted molar refractivity (Wildman–Crippen MR) is 77.9 cm³/mol. The molecule has 1 aromatic carbocycles. The van der Waals surface area contributed by atoms with Gasteiger partial charge >= 0.3 is 6.03 Å². The Morgan fingerprint density at radius 3 is 2.86 bits per heavy atom. The van der Waals surface area contributed by atoms with Crippen molar-refractivity contribution in [1.29, 1.82) is 0 Å². The molecule has 0 unspecified atom stereocenters. The van der Waals surface area contributed by atoms with Gasteiger partial charge in [0.15, 0.2) is 5.82 Å². The normalized spacial score (nSPS) is 10.2. The molecule has 0 radical (unpaired) electrons. The highest BCUT2D eigenvalue weighted by Gasteiger charge is 2.05. The van der Waals surface area contributed by atoms with Crippen molar-refractivity contribution < 1.29 is 9.53 Å². The summed E-state index contributed by atoms with van der Waals surface area (Å²) in [4.78, 5) is 11.7. The highest BCUT2D eigenvalue weighted by molar-refractivity contribution is 5.73. The molecule has 1 aromatic heterocycles. The molecule has 0 spiro atoms. The van der Waals surface area contributed by atoms with Crippen molar-refractivity contribution in [3.63, 3.8) is 0 Å². The Kier molecular flexibility index (Phi) is 5.14. The first kappa shape index (κ1) is 14.8. The summed E-state index contributed by atoms with van der Waals surface area (Å²) < 4.78 is 7.03. The van der Waals surface area contributed by atoms with E-state index in [2.05, 4.69) is 20.8 Å². The zero-order valence-corrected chi connectivity index (χ0v) is 12.2. The van der Waals surface area contributed by atoms with Crippen molar-refractivity contribution in [3.8, 4) is 5.75 Å². The van der Waals surface area contributed by atoms with Gasteiger partial charge < -0.3 is 19.9 Å². The number of ether oxygens (including phenoxy) is 1. The third-order valence-corrected chi connectivity index (χ3v) is 3.08. The number of carbonyl (C=O) groups excluding carboxylic acids is 1. The standard InChI is InChI=1S/C14H19N5O2/c1-19-10-17-18-13(19)9-16-14(20)15-8-7-11-5-3-4-6-12(11)21-2/h3-6,10H,7-9H2,1-2H3,(H2,15,16,20). The number of benzene rings is 1. The number of rotatable bonds is 6. The molecule has 2 N–H and O–H groups in total. The number of amides is 2. The van der Waals surface area contributed by atoms with Crippen LogP contribution >= 0.6 is 0 Å². The van der Waals surface area contributed by atoms with Crippen molar-refractivity contribution >= 4 is 6.03 Å². The predicted octanol–water partition coefficient (Wildman–Crippen LogP) is 0.866. The summed E-state index contributed by atoms with van der Waals surface area (Å²) in [5.41, 5.74) is 1.06. The van der Waals surface area contributed by atoms with Gasteiger partial charge in [-0.3, -0.25) is 0 Å². The molecule has 1 heterocycles. The van der Waals surface area contributed by atoms with Crippen molar-refractivity contribution in [2.75, 3.05) is 13.7 Å². The van der Waals surface area contributed by atoms with Gasteiger partial charge in [-0.1, -0.05) is 18.2 Å². The lowest BCUT2D eigenvalue weighted by molar-refractivity contribution is 0.240. The molecule has 0 saturated carbocycles. The third kappa shape index (κ3) is 4.20. The monoisotopic (exact) mass is 289 g/mol. The fourth-order valence-electron chi connectivity index (χ4n) is 1.91. The maximum atomic E-state index is 11.7. The number of para-hydroxylation sites is 1. The minimum Gasteiger partial charge on any atom is -0.496 e. The second kappa shape index (κ2) is 7.28. The van der Waals surface area contributed by atoms with E-state index in [1.165, 1.54) is 0 Å². The minimum absolute atomic E-state index is 0.229. The van der Waals surface area contributed by atoms with E-state index in [0.29, 0.717) is 25.3 Å².